The van der Waals surface area contributed by atoms with Crippen LogP contribution in [0.1, 0.15) is 57.3 Å². The van der Waals surface area contributed by atoms with Crippen LogP contribution in [0, 0.1) is 0 Å². The summed E-state index contributed by atoms with van der Waals surface area (Å²) in [7, 11) is 0. The first-order valence-corrected chi connectivity index (χ1v) is 10.3. The number of aliphatic carboxylic acids is 1. The van der Waals surface area contributed by atoms with Gasteiger partial charge in [-0.05, 0) is 62.6 Å². The average molecular weight is 410 g/mol. The van der Waals surface area contributed by atoms with Crippen LogP contribution in [-0.2, 0) is 4.79 Å². The molecule has 2 aromatic rings. The minimum Gasteiger partial charge on any atom is -0.491 e. The van der Waals surface area contributed by atoms with Crippen LogP contribution in [0.25, 0.3) is 5.57 Å². The van der Waals surface area contributed by atoms with Crippen LogP contribution in [0.2, 0.25) is 0 Å². The smallest absolute Gasteiger partial charge is 0.336 e. The summed E-state index contributed by atoms with van der Waals surface area (Å²) in [6, 6.07) is 11.0. The van der Waals surface area contributed by atoms with Crippen molar-refractivity contribution in [3.05, 3.63) is 53.1 Å². The summed E-state index contributed by atoms with van der Waals surface area (Å²) >= 11 is 0. The fraction of sp³-hybridized carbons (Fsp3) is 0.375. The van der Waals surface area contributed by atoms with Crippen molar-refractivity contribution < 1.29 is 28.8 Å². The zero-order chi connectivity index (χ0) is 21.3. The van der Waals surface area contributed by atoms with E-state index in [9.17, 15) is 9.90 Å². The van der Waals surface area contributed by atoms with Gasteiger partial charge in [0.15, 0.2) is 17.6 Å². The van der Waals surface area contributed by atoms with E-state index in [0.29, 0.717) is 29.4 Å². The zero-order valence-corrected chi connectivity index (χ0v) is 17.4. The first-order chi connectivity index (χ1) is 14.5. The molecule has 6 heteroatoms. The summed E-state index contributed by atoms with van der Waals surface area (Å²) in [5.41, 5.74) is 2.56. The Kier molecular flexibility index (Phi) is 5.57. The highest BCUT2D eigenvalue weighted by atomic mass is 16.7. The summed E-state index contributed by atoms with van der Waals surface area (Å²) in [6.45, 7) is 6.17. The standard InChI is InChI=1S/C24H26O6/c1-4-5-6-17-18-12-16(29-14(2)3)8-10-19(18)30-23(22(17)24(25)26)15-7-9-20-21(11-15)28-13-27-20/h7-12,14,23H,4-6,13H2,1-3H3,(H,25,26)/t23-/m1/s1. The highest BCUT2D eigenvalue weighted by Crippen LogP contribution is 2.47. The van der Waals surface area contributed by atoms with E-state index in [1.54, 1.807) is 12.1 Å². The molecular weight excluding hydrogens is 384 g/mol. The lowest BCUT2D eigenvalue weighted by molar-refractivity contribution is -0.133. The largest absolute Gasteiger partial charge is 0.491 e. The minimum atomic E-state index is -0.982. The number of benzene rings is 2. The number of unbranched alkanes of at least 4 members (excludes halogenated alkanes) is 1. The molecule has 0 saturated carbocycles. The maximum Gasteiger partial charge on any atom is 0.336 e. The average Bonchev–Trinajstić information content (AvgIpc) is 3.18. The van der Waals surface area contributed by atoms with Crippen LogP contribution < -0.4 is 18.9 Å². The molecule has 4 rings (SSSR count). The highest BCUT2D eigenvalue weighted by molar-refractivity contribution is 5.99. The van der Waals surface area contributed by atoms with E-state index in [1.165, 1.54) is 0 Å². The van der Waals surface area contributed by atoms with Gasteiger partial charge in [-0.3, -0.25) is 0 Å². The van der Waals surface area contributed by atoms with Gasteiger partial charge in [0, 0.05) is 11.1 Å². The molecule has 2 aromatic carbocycles. The normalized spacial score (nSPS) is 17.0. The van der Waals surface area contributed by atoms with Crippen molar-refractivity contribution in [1.82, 2.24) is 0 Å². The minimum absolute atomic E-state index is 0.0240. The number of rotatable bonds is 7. The summed E-state index contributed by atoms with van der Waals surface area (Å²) < 4.78 is 22.9. The third-order valence-corrected chi connectivity index (χ3v) is 5.19. The van der Waals surface area contributed by atoms with Gasteiger partial charge < -0.3 is 24.1 Å². The van der Waals surface area contributed by atoms with Gasteiger partial charge in [-0.15, -0.1) is 0 Å². The molecule has 0 amide bonds. The van der Waals surface area contributed by atoms with Crippen molar-refractivity contribution in [2.75, 3.05) is 6.79 Å². The molecule has 0 bridgehead atoms. The van der Waals surface area contributed by atoms with Crippen LogP contribution in [0.15, 0.2) is 42.0 Å². The van der Waals surface area contributed by atoms with Gasteiger partial charge in [0.1, 0.15) is 11.5 Å². The van der Waals surface area contributed by atoms with Crippen LogP contribution in [0.5, 0.6) is 23.0 Å². The molecular formula is C24H26O6. The summed E-state index contributed by atoms with van der Waals surface area (Å²) in [5.74, 6) is 1.63. The lowest BCUT2D eigenvalue weighted by atomic mass is 9.86. The molecule has 0 radical (unpaired) electrons. The van der Waals surface area contributed by atoms with Crippen molar-refractivity contribution in [2.24, 2.45) is 0 Å². The second-order valence-corrected chi connectivity index (χ2v) is 7.74. The van der Waals surface area contributed by atoms with Crippen LogP contribution in [-0.4, -0.2) is 24.0 Å². The van der Waals surface area contributed by atoms with Crippen LogP contribution in [0.4, 0.5) is 0 Å². The summed E-state index contributed by atoms with van der Waals surface area (Å²) in [4.78, 5) is 12.4. The summed E-state index contributed by atoms with van der Waals surface area (Å²) in [6.07, 6.45) is 1.79. The second kappa shape index (κ2) is 8.30. The molecule has 158 valence electrons. The van der Waals surface area contributed by atoms with Gasteiger partial charge in [0.25, 0.3) is 0 Å². The fourth-order valence-corrected chi connectivity index (χ4v) is 3.86. The monoisotopic (exact) mass is 410 g/mol. The molecule has 0 saturated heterocycles. The third-order valence-electron chi connectivity index (χ3n) is 5.19. The Morgan fingerprint density at radius 3 is 2.63 bits per heavy atom. The van der Waals surface area contributed by atoms with E-state index in [4.69, 9.17) is 18.9 Å². The molecule has 0 fully saturated rings. The molecule has 0 spiro atoms. The third kappa shape index (κ3) is 3.82. The molecule has 6 nitrogen and oxygen atoms in total. The fourth-order valence-electron chi connectivity index (χ4n) is 3.86. The van der Waals surface area contributed by atoms with Gasteiger partial charge in [-0.2, -0.15) is 0 Å². The molecule has 0 unspecified atom stereocenters. The zero-order valence-electron chi connectivity index (χ0n) is 17.4. The maximum atomic E-state index is 12.4. The number of allylic oxidation sites excluding steroid dienone is 1. The van der Waals surface area contributed by atoms with Crippen LogP contribution >= 0.6 is 0 Å². The van der Waals surface area contributed by atoms with E-state index < -0.39 is 12.1 Å². The van der Waals surface area contributed by atoms with Crippen molar-refractivity contribution in [3.63, 3.8) is 0 Å². The van der Waals surface area contributed by atoms with Gasteiger partial charge in [0.05, 0.1) is 11.7 Å². The number of carbonyl (C=O) groups is 1. The van der Waals surface area contributed by atoms with Gasteiger partial charge in [0.2, 0.25) is 6.79 Å². The second-order valence-electron chi connectivity index (χ2n) is 7.74. The quantitative estimate of drug-likeness (QED) is 0.662. The number of ether oxygens (including phenoxy) is 4. The molecule has 2 aliphatic rings. The Morgan fingerprint density at radius 2 is 1.90 bits per heavy atom. The van der Waals surface area contributed by atoms with E-state index in [2.05, 4.69) is 6.92 Å². The van der Waals surface area contributed by atoms with Crippen molar-refractivity contribution in [3.8, 4) is 23.0 Å². The molecule has 2 heterocycles. The number of carboxylic acids is 1. The van der Waals surface area contributed by atoms with Crippen LogP contribution in [0.3, 0.4) is 0 Å². The van der Waals surface area contributed by atoms with E-state index >= 15 is 0 Å². The van der Waals surface area contributed by atoms with E-state index in [-0.39, 0.29) is 18.5 Å². The Hall–Kier alpha value is -3.15. The van der Waals surface area contributed by atoms with Crippen molar-refractivity contribution >= 4 is 11.5 Å². The van der Waals surface area contributed by atoms with E-state index in [0.717, 1.165) is 29.5 Å². The summed E-state index contributed by atoms with van der Waals surface area (Å²) in [5, 5.41) is 10.1. The van der Waals surface area contributed by atoms with Gasteiger partial charge in [-0.1, -0.05) is 19.4 Å². The lowest BCUT2D eigenvalue weighted by Crippen LogP contribution is -2.23. The maximum absolute atomic E-state index is 12.4. The molecule has 2 aliphatic heterocycles. The lowest BCUT2D eigenvalue weighted by Gasteiger charge is -2.30. The molecule has 30 heavy (non-hydrogen) atoms. The van der Waals surface area contributed by atoms with E-state index in [1.807, 2.05) is 38.1 Å². The van der Waals surface area contributed by atoms with Crippen molar-refractivity contribution in [2.45, 2.75) is 52.2 Å². The SMILES string of the molecule is CCCCC1=C(C(=O)O)[C@@H](c2ccc3c(c2)OCO3)Oc2ccc(OC(C)C)cc21. The van der Waals surface area contributed by atoms with Crippen molar-refractivity contribution in [1.29, 1.82) is 0 Å². The molecule has 0 aliphatic carbocycles. The molecule has 1 N–H and O–H groups in total. The Morgan fingerprint density at radius 1 is 1.13 bits per heavy atom. The first-order valence-electron chi connectivity index (χ1n) is 10.3. The predicted octanol–water partition coefficient (Wildman–Crippen LogP) is 5.36. The van der Waals surface area contributed by atoms with Gasteiger partial charge in [-0.25, -0.2) is 4.79 Å². The molecule has 1 atom stereocenters. The number of hydrogen-bond donors (Lipinski definition) is 1. The molecule has 0 aromatic heterocycles. The Balaban J connectivity index is 1.83. The Bertz CT molecular complexity index is 991. The van der Waals surface area contributed by atoms with Gasteiger partial charge >= 0.3 is 5.97 Å². The highest BCUT2D eigenvalue weighted by Gasteiger charge is 2.35. The number of carboxylic acid groups (broad SMARTS) is 1. The predicted molar refractivity (Wildman–Crippen MR) is 112 cm³/mol. The Labute approximate surface area is 176 Å². The number of fused-ring (bicyclic) bond motifs is 2. The first kappa shape index (κ1) is 20.1. The topological polar surface area (TPSA) is 74.2 Å². The number of hydrogen-bond acceptors (Lipinski definition) is 5.